The minimum Gasteiger partial charge on any atom is -0.399 e. The number of benzene rings is 1. The third kappa shape index (κ3) is 3.93. The number of hydrogen-bond donors (Lipinski definition) is 0. The molecule has 0 amide bonds. The molecule has 1 aromatic carbocycles. The second-order valence-corrected chi connectivity index (χ2v) is 13.6. The van der Waals surface area contributed by atoms with Gasteiger partial charge in [-0.3, -0.25) is 0 Å². The third-order valence-electron chi connectivity index (χ3n) is 6.20. The van der Waals surface area contributed by atoms with Crippen LogP contribution in [0.25, 0.3) is 0 Å². The van der Waals surface area contributed by atoms with Crippen molar-refractivity contribution in [2.75, 3.05) is 0 Å². The highest BCUT2D eigenvalue weighted by Gasteiger charge is 2.53. The van der Waals surface area contributed by atoms with Gasteiger partial charge in [-0.1, -0.05) is 66.0 Å². The Kier molecular flexibility index (Phi) is 5.40. The quantitative estimate of drug-likeness (QED) is 0.680. The molecule has 1 aromatic rings. The van der Waals surface area contributed by atoms with Crippen molar-refractivity contribution in [2.45, 2.75) is 77.7 Å². The van der Waals surface area contributed by atoms with E-state index in [0.717, 1.165) is 6.42 Å². The van der Waals surface area contributed by atoms with Crippen molar-refractivity contribution in [2.24, 2.45) is 0 Å². The van der Waals surface area contributed by atoms with E-state index in [2.05, 4.69) is 82.9 Å². The van der Waals surface area contributed by atoms with E-state index in [1.165, 1.54) is 35.5 Å². The highest BCUT2D eigenvalue weighted by Crippen LogP contribution is 2.41. The van der Waals surface area contributed by atoms with E-state index < -0.39 is 8.07 Å². The van der Waals surface area contributed by atoms with Gasteiger partial charge in [-0.05, 0) is 58.9 Å². The van der Waals surface area contributed by atoms with E-state index in [1.807, 2.05) is 0 Å². The van der Waals surface area contributed by atoms with Crippen LogP contribution in [-0.2, 0) is 9.31 Å². The van der Waals surface area contributed by atoms with Crippen LogP contribution in [0.3, 0.4) is 0 Å². The lowest BCUT2D eigenvalue weighted by Crippen LogP contribution is -2.41. The van der Waals surface area contributed by atoms with E-state index in [1.54, 1.807) is 0 Å². The fourth-order valence-corrected chi connectivity index (χ4v) is 6.04. The molecule has 0 atom stereocenters. The van der Waals surface area contributed by atoms with Crippen LogP contribution in [0.2, 0.25) is 13.1 Å². The van der Waals surface area contributed by atoms with Crippen molar-refractivity contribution in [3.8, 4) is 0 Å². The monoisotopic (exact) mass is 368 g/mol. The Balaban J connectivity index is 2.01. The van der Waals surface area contributed by atoms with Gasteiger partial charge in [0.15, 0.2) is 0 Å². The maximum Gasteiger partial charge on any atom is 0.494 e. The van der Waals surface area contributed by atoms with Crippen molar-refractivity contribution in [1.29, 1.82) is 0 Å². The zero-order valence-electron chi connectivity index (χ0n) is 17.3. The highest BCUT2D eigenvalue weighted by atomic mass is 28.3. The first-order valence-corrected chi connectivity index (χ1v) is 13.0. The first kappa shape index (κ1) is 19.7. The standard InChI is InChI=1S/C22H33BO2Si/c1-21(2)22(3,4)25-23(24-21)20(18-13-9-7-10-14-18)17-26(5,6)19-15-11-8-12-16-19/h8,11-13,15-17H,7,9-10,14H2,1-6H3/b20-17-. The van der Waals surface area contributed by atoms with Crippen LogP contribution in [0.5, 0.6) is 0 Å². The number of rotatable bonds is 4. The van der Waals surface area contributed by atoms with Gasteiger partial charge in [-0.25, -0.2) is 0 Å². The Morgan fingerprint density at radius 2 is 1.62 bits per heavy atom. The maximum absolute atomic E-state index is 6.45. The van der Waals surface area contributed by atoms with Crippen molar-refractivity contribution >= 4 is 20.4 Å². The van der Waals surface area contributed by atoms with Crippen LogP contribution < -0.4 is 5.19 Å². The molecule has 1 heterocycles. The summed E-state index contributed by atoms with van der Waals surface area (Å²) in [4.78, 5) is 0. The van der Waals surface area contributed by atoms with E-state index in [9.17, 15) is 0 Å². The first-order chi connectivity index (χ1) is 12.1. The Morgan fingerprint density at radius 3 is 2.15 bits per heavy atom. The number of allylic oxidation sites excluding steroid dienone is 3. The molecule has 1 saturated heterocycles. The highest BCUT2D eigenvalue weighted by molar-refractivity contribution is 6.94. The molecule has 2 nitrogen and oxygen atoms in total. The summed E-state index contributed by atoms with van der Waals surface area (Å²) < 4.78 is 12.9. The molecule has 3 rings (SSSR count). The minimum absolute atomic E-state index is 0.264. The molecule has 1 aliphatic carbocycles. The molecule has 4 heteroatoms. The predicted octanol–water partition coefficient (Wildman–Crippen LogP) is 5.20. The molecule has 0 radical (unpaired) electrons. The van der Waals surface area contributed by atoms with Gasteiger partial charge in [0.1, 0.15) is 8.07 Å². The van der Waals surface area contributed by atoms with Crippen LogP contribution >= 0.6 is 0 Å². The van der Waals surface area contributed by atoms with Gasteiger partial charge in [0, 0.05) is 0 Å². The summed E-state index contributed by atoms with van der Waals surface area (Å²) in [6.45, 7) is 13.4. The van der Waals surface area contributed by atoms with Crippen LogP contribution in [-0.4, -0.2) is 26.4 Å². The summed E-state index contributed by atoms with van der Waals surface area (Å²) in [5.41, 5.74) is 4.63. The van der Waals surface area contributed by atoms with Crippen LogP contribution in [0, 0.1) is 0 Å². The molecule has 0 N–H and O–H groups in total. The van der Waals surface area contributed by atoms with Gasteiger partial charge in [-0.2, -0.15) is 0 Å². The van der Waals surface area contributed by atoms with Crippen LogP contribution in [0.1, 0.15) is 53.4 Å². The molecule has 0 spiro atoms. The summed E-state index contributed by atoms with van der Waals surface area (Å²) in [6.07, 6.45) is 7.26. The van der Waals surface area contributed by atoms with Crippen molar-refractivity contribution in [3.05, 3.63) is 53.2 Å². The molecule has 2 aliphatic rings. The molecular weight excluding hydrogens is 335 g/mol. The van der Waals surface area contributed by atoms with Crippen molar-refractivity contribution < 1.29 is 9.31 Å². The van der Waals surface area contributed by atoms with Gasteiger partial charge in [-0.15, -0.1) is 0 Å². The summed E-state index contributed by atoms with van der Waals surface area (Å²) in [5.74, 6) is 0. The van der Waals surface area contributed by atoms with E-state index in [0.29, 0.717) is 0 Å². The summed E-state index contributed by atoms with van der Waals surface area (Å²) >= 11 is 0. The van der Waals surface area contributed by atoms with Crippen molar-refractivity contribution in [3.63, 3.8) is 0 Å². The van der Waals surface area contributed by atoms with E-state index >= 15 is 0 Å². The predicted molar refractivity (Wildman–Crippen MR) is 114 cm³/mol. The minimum atomic E-state index is -1.75. The first-order valence-electron chi connectivity index (χ1n) is 9.96. The Bertz CT molecular complexity index is 688. The van der Waals surface area contributed by atoms with Crippen LogP contribution in [0.15, 0.2) is 53.2 Å². The third-order valence-corrected chi connectivity index (χ3v) is 9.06. The Morgan fingerprint density at radius 1 is 1.00 bits per heavy atom. The topological polar surface area (TPSA) is 18.5 Å². The fraction of sp³-hybridized carbons (Fsp3) is 0.545. The fourth-order valence-electron chi connectivity index (χ4n) is 3.72. The zero-order chi connectivity index (χ0) is 19.0. The molecule has 0 aromatic heterocycles. The molecular formula is C22H33BO2Si. The summed E-state index contributed by atoms with van der Waals surface area (Å²) in [6, 6.07) is 10.9. The second-order valence-electron chi connectivity index (χ2n) is 9.25. The lowest BCUT2D eigenvalue weighted by atomic mass is 9.72. The summed E-state index contributed by atoms with van der Waals surface area (Å²) in [5, 5.41) is 1.45. The largest absolute Gasteiger partial charge is 0.494 e. The van der Waals surface area contributed by atoms with Gasteiger partial charge in [0.2, 0.25) is 0 Å². The molecule has 140 valence electrons. The average Bonchev–Trinajstić information content (AvgIpc) is 2.82. The number of hydrogen-bond acceptors (Lipinski definition) is 2. The van der Waals surface area contributed by atoms with E-state index in [-0.39, 0.29) is 18.3 Å². The Labute approximate surface area is 160 Å². The smallest absolute Gasteiger partial charge is 0.399 e. The zero-order valence-corrected chi connectivity index (χ0v) is 18.3. The molecule has 1 fully saturated rings. The van der Waals surface area contributed by atoms with Gasteiger partial charge in [0.25, 0.3) is 0 Å². The molecule has 0 unspecified atom stereocenters. The van der Waals surface area contributed by atoms with Gasteiger partial charge in [0.05, 0.1) is 11.2 Å². The molecule has 0 bridgehead atoms. The molecule has 0 saturated carbocycles. The lowest BCUT2D eigenvalue weighted by Gasteiger charge is -2.32. The average molecular weight is 368 g/mol. The van der Waals surface area contributed by atoms with E-state index in [4.69, 9.17) is 9.31 Å². The molecule has 1 aliphatic heterocycles. The molecule has 26 heavy (non-hydrogen) atoms. The normalized spacial score (nSPS) is 23.1. The van der Waals surface area contributed by atoms with Crippen molar-refractivity contribution in [1.82, 2.24) is 0 Å². The summed E-state index contributed by atoms with van der Waals surface area (Å²) in [7, 11) is -2.01. The lowest BCUT2D eigenvalue weighted by molar-refractivity contribution is 0.00578. The second kappa shape index (κ2) is 7.14. The van der Waals surface area contributed by atoms with Gasteiger partial charge < -0.3 is 9.31 Å². The SMILES string of the molecule is CC1(C)OB(/C(=C\[Si](C)(C)c2ccccc2)C2=CCCCC2)OC1(C)C. The maximum atomic E-state index is 6.45. The van der Waals surface area contributed by atoms with Crippen LogP contribution in [0.4, 0.5) is 0 Å². The van der Waals surface area contributed by atoms with Gasteiger partial charge >= 0.3 is 7.12 Å². The Hall–Kier alpha value is -1.10.